The van der Waals surface area contributed by atoms with Crippen LogP contribution in [0.4, 0.5) is 0 Å². The topological polar surface area (TPSA) is 28.0 Å². The maximum Gasteiger partial charge on any atom is 0.0621 e. The quantitative estimate of drug-likeness (QED) is 0.462. The summed E-state index contributed by atoms with van der Waals surface area (Å²) >= 11 is 5.49. The van der Waals surface area contributed by atoms with Crippen LogP contribution in [0.25, 0.3) is 0 Å². The Balaban J connectivity index is 2.33. The summed E-state index contributed by atoms with van der Waals surface area (Å²) in [5.74, 6) is 0. The standard InChI is InChI=1S/C4H8ClN3/c5-8-4-2-1-3-6-7-8/h1-4H2. The molecule has 0 amide bonds. The Morgan fingerprint density at radius 2 is 2.25 bits per heavy atom. The van der Waals surface area contributed by atoms with Gasteiger partial charge in [-0.1, -0.05) is 5.22 Å². The molecule has 1 rings (SSSR count). The van der Waals surface area contributed by atoms with Gasteiger partial charge in [-0.3, -0.25) is 0 Å². The first-order valence-corrected chi connectivity index (χ1v) is 3.04. The van der Waals surface area contributed by atoms with Gasteiger partial charge in [-0.25, -0.2) is 0 Å². The summed E-state index contributed by atoms with van der Waals surface area (Å²) in [6, 6.07) is 0. The molecular formula is C4H8ClN3. The van der Waals surface area contributed by atoms with E-state index in [1.54, 1.807) is 0 Å². The van der Waals surface area contributed by atoms with E-state index in [2.05, 4.69) is 10.3 Å². The third kappa shape index (κ3) is 1.66. The van der Waals surface area contributed by atoms with Crippen LogP contribution < -0.4 is 0 Å². The lowest BCUT2D eigenvalue weighted by atomic mass is 10.3. The molecular weight excluding hydrogens is 126 g/mol. The van der Waals surface area contributed by atoms with Crippen LogP contribution in [0, 0.1) is 0 Å². The second-order valence-electron chi connectivity index (χ2n) is 1.72. The minimum Gasteiger partial charge on any atom is -0.187 e. The lowest BCUT2D eigenvalue weighted by Gasteiger charge is -2.00. The Morgan fingerprint density at radius 1 is 1.38 bits per heavy atom. The van der Waals surface area contributed by atoms with Crippen molar-refractivity contribution in [3.8, 4) is 0 Å². The SMILES string of the molecule is ClN1CCCCN=N1. The Morgan fingerprint density at radius 3 is 3.12 bits per heavy atom. The first-order valence-electron chi connectivity index (χ1n) is 2.70. The number of hydrogen-bond acceptors (Lipinski definition) is 3. The lowest BCUT2D eigenvalue weighted by Crippen LogP contribution is -2.02. The molecule has 0 saturated carbocycles. The van der Waals surface area contributed by atoms with Crippen LogP contribution in [0.2, 0.25) is 0 Å². The molecule has 0 aromatic carbocycles. The van der Waals surface area contributed by atoms with Crippen molar-refractivity contribution < 1.29 is 0 Å². The van der Waals surface area contributed by atoms with Gasteiger partial charge >= 0.3 is 0 Å². The van der Waals surface area contributed by atoms with Crippen LogP contribution in [-0.2, 0) is 0 Å². The minimum absolute atomic E-state index is 0.823. The second-order valence-corrected chi connectivity index (χ2v) is 2.11. The van der Waals surface area contributed by atoms with E-state index in [0.717, 1.165) is 25.9 Å². The van der Waals surface area contributed by atoms with E-state index in [9.17, 15) is 0 Å². The summed E-state index contributed by atoms with van der Waals surface area (Å²) in [7, 11) is 0. The summed E-state index contributed by atoms with van der Waals surface area (Å²) in [5.41, 5.74) is 0. The monoisotopic (exact) mass is 133 g/mol. The van der Waals surface area contributed by atoms with Gasteiger partial charge in [0.25, 0.3) is 0 Å². The predicted molar refractivity (Wildman–Crippen MR) is 31.5 cm³/mol. The van der Waals surface area contributed by atoms with Crippen molar-refractivity contribution >= 4 is 11.8 Å². The van der Waals surface area contributed by atoms with E-state index < -0.39 is 0 Å². The molecule has 0 atom stereocenters. The normalized spacial score (nSPS) is 20.9. The Labute approximate surface area is 53.4 Å². The van der Waals surface area contributed by atoms with Crippen LogP contribution in [0.3, 0.4) is 0 Å². The van der Waals surface area contributed by atoms with Crippen molar-refractivity contribution in [2.24, 2.45) is 10.3 Å². The summed E-state index contributed by atoms with van der Waals surface area (Å²) in [4.78, 5) is 0. The molecule has 1 heterocycles. The van der Waals surface area contributed by atoms with E-state index in [-0.39, 0.29) is 0 Å². The van der Waals surface area contributed by atoms with Gasteiger partial charge in [0.15, 0.2) is 0 Å². The van der Waals surface area contributed by atoms with Crippen molar-refractivity contribution in [2.75, 3.05) is 13.1 Å². The largest absolute Gasteiger partial charge is 0.187 e. The summed E-state index contributed by atoms with van der Waals surface area (Å²) in [5, 5.41) is 7.42. The molecule has 0 aromatic heterocycles. The van der Waals surface area contributed by atoms with Crippen molar-refractivity contribution in [2.45, 2.75) is 12.8 Å². The van der Waals surface area contributed by atoms with Crippen LogP contribution in [0.15, 0.2) is 10.3 Å². The van der Waals surface area contributed by atoms with Gasteiger partial charge < -0.3 is 0 Å². The highest BCUT2D eigenvalue weighted by Crippen LogP contribution is 2.04. The molecule has 0 saturated heterocycles. The lowest BCUT2D eigenvalue weighted by molar-refractivity contribution is 0.463. The van der Waals surface area contributed by atoms with Crippen molar-refractivity contribution in [1.82, 2.24) is 4.53 Å². The van der Waals surface area contributed by atoms with Crippen LogP contribution in [-0.4, -0.2) is 17.6 Å². The van der Waals surface area contributed by atoms with Gasteiger partial charge in [0.2, 0.25) is 0 Å². The van der Waals surface area contributed by atoms with Gasteiger partial charge in [0.1, 0.15) is 0 Å². The zero-order chi connectivity index (χ0) is 5.82. The average molecular weight is 134 g/mol. The Hall–Kier alpha value is -0.310. The van der Waals surface area contributed by atoms with Gasteiger partial charge in [-0.15, -0.1) is 0 Å². The fourth-order valence-electron chi connectivity index (χ4n) is 0.583. The molecule has 0 unspecified atom stereocenters. The van der Waals surface area contributed by atoms with Crippen molar-refractivity contribution in [1.29, 1.82) is 0 Å². The van der Waals surface area contributed by atoms with E-state index in [4.69, 9.17) is 11.8 Å². The van der Waals surface area contributed by atoms with E-state index in [1.807, 2.05) is 0 Å². The minimum atomic E-state index is 0.823. The highest BCUT2D eigenvalue weighted by atomic mass is 35.5. The first-order chi connectivity index (χ1) is 3.89. The molecule has 4 heteroatoms. The van der Waals surface area contributed by atoms with E-state index >= 15 is 0 Å². The fraction of sp³-hybridized carbons (Fsp3) is 1.00. The predicted octanol–water partition coefficient (Wildman–Crippen LogP) is 1.60. The van der Waals surface area contributed by atoms with Gasteiger partial charge in [0, 0.05) is 11.8 Å². The molecule has 0 spiro atoms. The molecule has 0 bridgehead atoms. The maximum absolute atomic E-state index is 5.49. The first kappa shape index (κ1) is 5.82. The van der Waals surface area contributed by atoms with Crippen molar-refractivity contribution in [3.63, 3.8) is 0 Å². The third-order valence-electron chi connectivity index (χ3n) is 1.01. The molecule has 0 aliphatic carbocycles. The Kier molecular flexibility index (Phi) is 2.09. The van der Waals surface area contributed by atoms with Crippen LogP contribution in [0.1, 0.15) is 12.8 Å². The van der Waals surface area contributed by atoms with Crippen molar-refractivity contribution in [3.05, 3.63) is 0 Å². The number of nitrogens with zero attached hydrogens (tertiary/aromatic N) is 3. The van der Waals surface area contributed by atoms with E-state index in [1.165, 1.54) is 4.53 Å². The maximum atomic E-state index is 5.49. The molecule has 46 valence electrons. The molecule has 0 radical (unpaired) electrons. The van der Waals surface area contributed by atoms with Gasteiger partial charge in [-0.2, -0.15) is 9.64 Å². The molecule has 3 nitrogen and oxygen atoms in total. The number of rotatable bonds is 0. The zero-order valence-corrected chi connectivity index (χ0v) is 5.30. The smallest absolute Gasteiger partial charge is 0.0621 e. The summed E-state index contributed by atoms with van der Waals surface area (Å²) in [6.45, 7) is 1.65. The molecule has 0 aromatic rings. The number of halogens is 1. The Bertz CT molecular complexity index is 93.3. The zero-order valence-electron chi connectivity index (χ0n) is 4.55. The van der Waals surface area contributed by atoms with Gasteiger partial charge in [-0.05, 0) is 12.8 Å². The van der Waals surface area contributed by atoms with Crippen LogP contribution in [0.5, 0.6) is 0 Å². The molecule has 1 aliphatic heterocycles. The van der Waals surface area contributed by atoms with Gasteiger partial charge in [0.05, 0.1) is 13.1 Å². The third-order valence-corrected chi connectivity index (χ3v) is 1.25. The second kappa shape index (κ2) is 2.87. The average Bonchev–Trinajstić information content (AvgIpc) is 1.94. The number of hydrogen-bond donors (Lipinski definition) is 0. The van der Waals surface area contributed by atoms with Crippen LogP contribution >= 0.6 is 11.8 Å². The highest BCUT2D eigenvalue weighted by molar-refractivity contribution is 6.13. The summed E-state index contributed by atoms with van der Waals surface area (Å²) < 4.78 is 1.35. The molecule has 8 heavy (non-hydrogen) atoms. The highest BCUT2D eigenvalue weighted by Gasteiger charge is 1.98. The molecule has 1 aliphatic rings. The summed E-state index contributed by atoms with van der Waals surface area (Å²) in [6.07, 6.45) is 2.20. The molecule has 0 fully saturated rings. The van der Waals surface area contributed by atoms with E-state index in [0.29, 0.717) is 0 Å². The molecule has 0 N–H and O–H groups in total. The fourth-order valence-corrected chi connectivity index (χ4v) is 0.750.